The Morgan fingerprint density at radius 2 is 2.12 bits per heavy atom. The molecule has 2 heterocycles. The molecule has 1 aliphatic carbocycles. The maximum Gasteiger partial charge on any atom is 0.160 e. The van der Waals surface area contributed by atoms with Crippen LogP contribution in [0.25, 0.3) is 11.0 Å². The van der Waals surface area contributed by atoms with E-state index in [0.29, 0.717) is 6.04 Å². The highest BCUT2D eigenvalue weighted by Crippen LogP contribution is 2.26. The Hall–Kier alpha value is -1.91. The Kier molecular flexibility index (Phi) is 2.51. The van der Waals surface area contributed by atoms with Gasteiger partial charge in [0.25, 0.3) is 0 Å². The summed E-state index contributed by atoms with van der Waals surface area (Å²) in [5.74, 6) is 0.876. The van der Waals surface area contributed by atoms with E-state index in [-0.39, 0.29) is 0 Å². The Bertz CT molecular complexity index is 535. The smallest absolute Gasteiger partial charge is 0.160 e. The number of nitrogens with zero attached hydrogens (tertiary/aromatic N) is 3. The number of H-pyrrole nitrogens is 1. The van der Waals surface area contributed by atoms with Crippen molar-refractivity contribution in [2.75, 3.05) is 5.32 Å². The standard InChI is InChI=1S/C12H15N5/c1-8-2-4-9(5-3-8)16-11-10-6-15-17-12(10)14-7-13-11/h6-7,9H,1-5H2,(H2,13,14,15,16,17). The summed E-state index contributed by atoms with van der Waals surface area (Å²) in [5, 5.41) is 11.3. The van der Waals surface area contributed by atoms with Gasteiger partial charge in [0.2, 0.25) is 0 Å². The van der Waals surface area contributed by atoms with E-state index in [2.05, 4.69) is 32.1 Å². The molecule has 0 amide bonds. The molecule has 17 heavy (non-hydrogen) atoms. The van der Waals surface area contributed by atoms with E-state index in [1.807, 2.05) is 0 Å². The largest absolute Gasteiger partial charge is 0.367 e. The van der Waals surface area contributed by atoms with Gasteiger partial charge in [-0.15, -0.1) is 0 Å². The van der Waals surface area contributed by atoms with Crippen LogP contribution in [0.15, 0.2) is 24.7 Å². The van der Waals surface area contributed by atoms with Gasteiger partial charge in [-0.2, -0.15) is 5.10 Å². The van der Waals surface area contributed by atoms with E-state index in [1.54, 1.807) is 12.5 Å². The molecule has 0 aromatic carbocycles. The van der Waals surface area contributed by atoms with Crippen molar-refractivity contribution in [3.63, 3.8) is 0 Å². The summed E-state index contributed by atoms with van der Waals surface area (Å²) in [5.41, 5.74) is 2.14. The summed E-state index contributed by atoms with van der Waals surface area (Å²) in [7, 11) is 0. The zero-order chi connectivity index (χ0) is 11.7. The zero-order valence-corrected chi connectivity index (χ0v) is 9.61. The van der Waals surface area contributed by atoms with E-state index in [1.165, 1.54) is 5.57 Å². The minimum atomic E-state index is 0.480. The van der Waals surface area contributed by atoms with Gasteiger partial charge in [0, 0.05) is 6.04 Å². The molecule has 0 unspecified atom stereocenters. The van der Waals surface area contributed by atoms with Crippen molar-refractivity contribution in [2.24, 2.45) is 0 Å². The summed E-state index contributed by atoms with van der Waals surface area (Å²) in [6.07, 6.45) is 7.79. The second-order valence-corrected chi connectivity index (χ2v) is 4.52. The molecule has 1 saturated carbocycles. The number of rotatable bonds is 2. The second-order valence-electron chi connectivity index (χ2n) is 4.52. The maximum absolute atomic E-state index is 4.29. The van der Waals surface area contributed by atoms with Crippen molar-refractivity contribution in [3.8, 4) is 0 Å². The quantitative estimate of drug-likeness (QED) is 0.775. The average molecular weight is 229 g/mol. The predicted octanol–water partition coefficient (Wildman–Crippen LogP) is 2.26. The van der Waals surface area contributed by atoms with Gasteiger partial charge in [-0.05, 0) is 25.7 Å². The molecule has 2 N–H and O–H groups in total. The van der Waals surface area contributed by atoms with Crippen LogP contribution < -0.4 is 5.32 Å². The number of hydrogen-bond donors (Lipinski definition) is 2. The van der Waals surface area contributed by atoms with Crippen LogP contribution in [-0.2, 0) is 0 Å². The SMILES string of the molecule is C=C1CCC(Nc2ncnc3[nH]ncc23)CC1. The first-order valence-corrected chi connectivity index (χ1v) is 5.90. The first-order chi connectivity index (χ1) is 8.33. The van der Waals surface area contributed by atoms with Crippen LogP contribution in [0.4, 0.5) is 5.82 Å². The molecule has 5 nitrogen and oxygen atoms in total. The topological polar surface area (TPSA) is 66.5 Å². The summed E-state index contributed by atoms with van der Waals surface area (Å²) in [6, 6.07) is 0.480. The third kappa shape index (κ3) is 2.00. The molecule has 5 heteroatoms. The van der Waals surface area contributed by atoms with Crippen molar-refractivity contribution in [1.29, 1.82) is 0 Å². The molecule has 0 bridgehead atoms. The number of aromatic amines is 1. The number of allylic oxidation sites excluding steroid dienone is 1. The summed E-state index contributed by atoms with van der Waals surface area (Å²) in [6.45, 7) is 4.03. The lowest BCUT2D eigenvalue weighted by Gasteiger charge is -2.24. The van der Waals surface area contributed by atoms with E-state index in [9.17, 15) is 0 Å². The molecule has 0 saturated heterocycles. The first kappa shape index (κ1) is 10.3. The lowest BCUT2D eigenvalue weighted by molar-refractivity contribution is 0.540. The number of nitrogens with one attached hydrogen (secondary N) is 2. The maximum atomic E-state index is 4.29. The normalized spacial score (nSPS) is 17.5. The second kappa shape index (κ2) is 4.16. The van der Waals surface area contributed by atoms with Crippen LogP contribution in [0.5, 0.6) is 0 Å². The minimum absolute atomic E-state index is 0.480. The number of hydrogen-bond acceptors (Lipinski definition) is 4. The first-order valence-electron chi connectivity index (χ1n) is 5.90. The van der Waals surface area contributed by atoms with Crippen molar-refractivity contribution < 1.29 is 0 Å². The van der Waals surface area contributed by atoms with Crippen LogP contribution in [-0.4, -0.2) is 26.2 Å². The molecule has 3 rings (SSSR count). The Labute approximate surface area is 99.4 Å². The molecular weight excluding hydrogens is 214 g/mol. The lowest BCUT2D eigenvalue weighted by atomic mass is 9.92. The minimum Gasteiger partial charge on any atom is -0.367 e. The number of fused-ring (bicyclic) bond motifs is 1. The van der Waals surface area contributed by atoms with E-state index < -0.39 is 0 Å². The molecule has 0 spiro atoms. The number of anilines is 1. The van der Waals surface area contributed by atoms with E-state index in [0.717, 1.165) is 42.5 Å². The molecule has 1 aliphatic rings. The van der Waals surface area contributed by atoms with Gasteiger partial charge < -0.3 is 5.32 Å². The highest BCUT2D eigenvalue weighted by molar-refractivity contribution is 5.85. The fourth-order valence-electron chi connectivity index (χ4n) is 2.24. The molecular formula is C12H15N5. The van der Waals surface area contributed by atoms with Crippen molar-refractivity contribution >= 4 is 16.9 Å². The number of aromatic nitrogens is 4. The zero-order valence-electron chi connectivity index (χ0n) is 9.61. The van der Waals surface area contributed by atoms with Gasteiger partial charge >= 0.3 is 0 Å². The third-order valence-electron chi connectivity index (χ3n) is 3.28. The van der Waals surface area contributed by atoms with Crippen molar-refractivity contribution in [3.05, 3.63) is 24.7 Å². The van der Waals surface area contributed by atoms with Gasteiger partial charge in [0.05, 0.1) is 11.6 Å². The van der Waals surface area contributed by atoms with Gasteiger partial charge in [-0.3, -0.25) is 5.10 Å². The van der Waals surface area contributed by atoms with Crippen LogP contribution in [0.2, 0.25) is 0 Å². The Balaban J connectivity index is 1.80. The van der Waals surface area contributed by atoms with Crippen LogP contribution in [0.1, 0.15) is 25.7 Å². The monoisotopic (exact) mass is 229 g/mol. The highest BCUT2D eigenvalue weighted by atomic mass is 15.2. The summed E-state index contributed by atoms with van der Waals surface area (Å²) in [4.78, 5) is 8.41. The molecule has 0 atom stereocenters. The van der Waals surface area contributed by atoms with Crippen LogP contribution >= 0.6 is 0 Å². The van der Waals surface area contributed by atoms with Crippen LogP contribution in [0, 0.1) is 0 Å². The van der Waals surface area contributed by atoms with Gasteiger partial charge in [-0.1, -0.05) is 12.2 Å². The van der Waals surface area contributed by atoms with E-state index in [4.69, 9.17) is 0 Å². The third-order valence-corrected chi connectivity index (χ3v) is 3.28. The van der Waals surface area contributed by atoms with Crippen LogP contribution in [0.3, 0.4) is 0 Å². The molecule has 88 valence electrons. The predicted molar refractivity (Wildman–Crippen MR) is 66.7 cm³/mol. The Morgan fingerprint density at radius 3 is 2.94 bits per heavy atom. The summed E-state index contributed by atoms with van der Waals surface area (Å²) >= 11 is 0. The fraction of sp³-hybridized carbons (Fsp3) is 0.417. The average Bonchev–Trinajstić information content (AvgIpc) is 2.81. The lowest BCUT2D eigenvalue weighted by Crippen LogP contribution is -2.23. The van der Waals surface area contributed by atoms with Gasteiger partial charge in [-0.25, -0.2) is 9.97 Å². The van der Waals surface area contributed by atoms with Gasteiger partial charge in [0.1, 0.15) is 12.1 Å². The molecule has 0 radical (unpaired) electrons. The highest BCUT2D eigenvalue weighted by Gasteiger charge is 2.17. The fourth-order valence-corrected chi connectivity index (χ4v) is 2.24. The van der Waals surface area contributed by atoms with Crippen molar-refractivity contribution in [1.82, 2.24) is 20.2 Å². The molecule has 2 aromatic heterocycles. The molecule has 2 aromatic rings. The summed E-state index contributed by atoms with van der Waals surface area (Å²) < 4.78 is 0. The molecule has 0 aliphatic heterocycles. The van der Waals surface area contributed by atoms with Crippen molar-refractivity contribution in [2.45, 2.75) is 31.7 Å². The van der Waals surface area contributed by atoms with Gasteiger partial charge in [0.15, 0.2) is 5.65 Å². The molecule has 1 fully saturated rings. The Morgan fingerprint density at radius 1 is 1.29 bits per heavy atom. The van der Waals surface area contributed by atoms with E-state index >= 15 is 0 Å².